The van der Waals surface area contributed by atoms with E-state index in [9.17, 15) is 4.79 Å². The van der Waals surface area contributed by atoms with Crippen LogP contribution in [0, 0.1) is 0 Å². The zero-order valence-corrected chi connectivity index (χ0v) is 19.9. The third kappa shape index (κ3) is 6.74. The van der Waals surface area contributed by atoms with Crippen molar-refractivity contribution in [3.8, 4) is 11.5 Å². The monoisotopic (exact) mass is 494 g/mol. The highest BCUT2D eigenvalue weighted by molar-refractivity contribution is 6.39. The van der Waals surface area contributed by atoms with Gasteiger partial charge in [-0.2, -0.15) is 0 Å². The normalized spacial score (nSPS) is 11.0. The van der Waals surface area contributed by atoms with Crippen molar-refractivity contribution >= 4 is 45.5 Å². The molecule has 2 aromatic heterocycles. The smallest absolute Gasteiger partial charge is 0.250 e. The highest BCUT2D eigenvalue weighted by Crippen LogP contribution is 2.39. The maximum atomic E-state index is 12.4. The van der Waals surface area contributed by atoms with Crippen molar-refractivity contribution in [2.45, 2.75) is 25.7 Å². The molecule has 0 radical (unpaired) electrons. The molecule has 4 N–H and O–H groups in total. The highest BCUT2D eigenvalue weighted by atomic mass is 35.5. The van der Waals surface area contributed by atoms with E-state index >= 15 is 0 Å². The molecule has 3 rings (SSSR count). The summed E-state index contributed by atoms with van der Waals surface area (Å²) in [5.41, 5.74) is 1.22. The summed E-state index contributed by atoms with van der Waals surface area (Å²) in [5, 5.41) is 16.5. The number of nitrogens with zero attached hydrogens (tertiary/aromatic N) is 1. The van der Waals surface area contributed by atoms with Gasteiger partial charge in [0.05, 0.1) is 47.3 Å². The Bertz CT molecular complexity index is 1100. The van der Waals surface area contributed by atoms with Crippen molar-refractivity contribution < 1.29 is 14.6 Å². The molecule has 8 nitrogen and oxygen atoms in total. The summed E-state index contributed by atoms with van der Waals surface area (Å²) in [5.74, 6) is 1.01. The number of nitrogens with one attached hydrogen (secondary N) is 3. The van der Waals surface area contributed by atoms with Crippen molar-refractivity contribution in [2.75, 3.05) is 38.7 Å². The molecule has 33 heavy (non-hydrogen) atoms. The summed E-state index contributed by atoms with van der Waals surface area (Å²) in [6.45, 7) is 2.16. The van der Waals surface area contributed by atoms with Crippen LogP contribution >= 0.6 is 23.2 Å². The fraction of sp³-hybridized carbons (Fsp3) is 0.391. The van der Waals surface area contributed by atoms with Crippen molar-refractivity contribution in [1.29, 1.82) is 0 Å². The molecule has 0 saturated heterocycles. The summed E-state index contributed by atoms with van der Waals surface area (Å²) in [4.78, 5) is 19.3. The van der Waals surface area contributed by atoms with Gasteiger partial charge in [-0.25, -0.2) is 0 Å². The van der Waals surface area contributed by atoms with Crippen LogP contribution in [0.5, 0.6) is 11.5 Å². The van der Waals surface area contributed by atoms with E-state index in [-0.39, 0.29) is 12.2 Å². The lowest BCUT2D eigenvalue weighted by atomic mass is 10.1. The van der Waals surface area contributed by atoms with E-state index in [0.717, 1.165) is 37.6 Å². The van der Waals surface area contributed by atoms with Crippen molar-refractivity contribution in [1.82, 2.24) is 15.3 Å². The Kier molecular flexibility index (Phi) is 9.62. The zero-order chi connectivity index (χ0) is 23.6. The molecule has 1 aromatic carbocycles. The molecule has 0 spiro atoms. The molecule has 0 saturated carbocycles. The number of hydrogen-bond donors (Lipinski definition) is 4. The molecule has 0 aliphatic rings. The first kappa shape index (κ1) is 25.1. The van der Waals surface area contributed by atoms with E-state index in [2.05, 4.69) is 20.6 Å². The van der Waals surface area contributed by atoms with E-state index in [1.54, 1.807) is 13.2 Å². The number of halogens is 2. The molecule has 0 atom stereocenters. The minimum Gasteiger partial charge on any atom is -0.493 e. The summed E-state index contributed by atoms with van der Waals surface area (Å²) >= 11 is 12.5. The number of rotatable bonds is 13. The third-order valence-electron chi connectivity index (χ3n) is 5.05. The lowest BCUT2D eigenvalue weighted by Gasteiger charge is -2.16. The number of hydrogen-bond acceptors (Lipinski definition) is 7. The Morgan fingerprint density at radius 3 is 2.58 bits per heavy atom. The van der Waals surface area contributed by atoms with Gasteiger partial charge in [0.25, 0.3) is 5.56 Å². The number of aromatic nitrogens is 2. The van der Waals surface area contributed by atoms with Gasteiger partial charge in [-0.15, -0.1) is 0 Å². The van der Waals surface area contributed by atoms with Gasteiger partial charge in [0.1, 0.15) is 0 Å². The maximum Gasteiger partial charge on any atom is 0.250 e. The second-order valence-corrected chi connectivity index (χ2v) is 8.22. The van der Waals surface area contributed by atoms with Crippen LogP contribution in [-0.4, -0.2) is 48.5 Å². The molecule has 3 aromatic rings. The Hall–Kier alpha value is -2.52. The first-order chi connectivity index (χ1) is 16.0. The summed E-state index contributed by atoms with van der Waals surface area (Å²) in [6, 6.07) is 5.07. The van der Waals surface area contributed by atoms with E-state index in [1.165, 1.54) is 18.5 Å². The van der Waals surface area contributed by atoms with E-state index in [1.807, 2.05) is 6.07 Å². The fourth-order valence-electron chi connectivity index (χ4n) is 3.44. The van der Waals surface area contributed by atoms with E-state index in [4.69, 9.17) is 37.8 Å². The maximum absolute atomic E-state index is 12.4. The predicted molar refractivity (Wildman–Crippen MR) is 133 cm³/mol. The Labute approximate surface area is 202 Å². The number of H-pyrrole nitrogens is 1. The lowest BCUT2D eigenvalue weighted by Crippen LogP contribution is -2.19. The molecule has 2 heterocycles. The van der Waals surface area contributed by atoms with Crippen molar-refractivity contribution in [3.63, 3.8) is 0 Å². The summed E-state index contributed by atoms with van der Waals surface area (Å²) in [7, 11) is 1.56. The number of fused-ring (bicyclic) bond motifs is 1. The number of unbranched alkanes of at least 4 members (excludes halogenated alkanes) is 3. The molecule has 0 unspecified atom stereocenters. The van der Waals surface area contributed by atoms with Gasteiger partial charge in [-0.05, 0) is 31.5 Å². The largest absolute Gasteiger partial charge is 0.493 e. The minimum absolute atomic E-state index is 0.155. The SMILES string of the molecule is COc1ccc2c(Nc3c(Cl)cncc3Cl)cc(=O)[nH]c2c1OCCCCCCNCCO. The molecule has 0 aliphatic heterocycles. The van der Waals surface area contributed by atoms with Crippen LogP contribution in [-0.2, 0) is 0 Å². The number of anilines is 2. The molecular weight excluding hydrogens is 467 g/mol. The summed E-state index contributed by atoms with van der Waals surface area (Å²) in [6.07, 6.45) is 6.93. The number of aliphatic hydroxyl groups is 1. The van der Waals surface area contributed by atoms with E-state index < -0.39 is 0 Å². The number of pyridine rings is 2. The molecular formula is C23H28Cl2N4O4. The van der Waals surface area contributed by atoms with Crippen molar-refractivity contribution in [2.24, 2.45) is 0 Å². The van der Waals surface area contributed by atoms with Gasteiger partial charge < -0.3 is 30.2 Å². The van der Waals surface area contributed by atoms with Crippen LogP contribution in [0.4, 0.5) is 11.4 Å². The zero-order valence-electron chi connectivity index (χ0n) is 18.4. The van der Waals surface area contributed by atoms with Gasteiger partial charge in [0.15, 0.2) is 11.5 Å². The average Bonchev–Trinajstić information content (AvgIpc) is 2.80. The van der Waals surface area contributed by atoms with E-state index in [0.29, 0.717) is 51.6 Å². The number of aromatic amines is 1. The van der Waals surface area contributed by atoms with Gasteiger partial charge >= 0.3 is 0 Å². The van der Waals surface area contributed by atoms with Crippen LogP contribution in [0.25, 0.3) is 10.9 Å². The molecule has 178 valence electrons. The second kappa shape index (κ2) is 12.6. The predicted octanol–water partition coefficient (Wildman–Crippen LogP) is 4.50. The first-order valence-corrected chi connectivity index (χ1v) is 11.5. The Balaban J connectivity index is 1.77. The number of aliphatic hydroxyl groups excluding tert-OH is 1. The first-order valence-electron chi connectivity index (χ1n) is 10.8. The fourth-order valence-corrected chi connectivity index (χ4v) is 3.90. The second-order valence-electron chi connectivity index (χ2n) is 7.41. The van der Waals surface area contributed by atoms with Gasteiger partial charge in [-0.3, -0.25) is 9.78 Å². The van der Waals surface area contributed by atoms with Crippen LogP contribution < -0.4 is 25.7 Å². The minimum atomic E-state index is -0.306. The standard InChI is InChI=1S/C23H28Cl2N4O4/c1-32-19-7-6-15-18(28-22-16(24)13-27-14-17(22)25)12-20(31)29-21(15)23(19)33-11-5-3-2-4-8-26-9-10-30/h6-7,12-14,26,30H,2-5,8-11H2,1H3,(H2,27,28,29,31). The van der Waals surface area contributed by atoms with Gasteiger partial charge in [0, 0.05) is 30.4 Å². The summed E-state index contributed by atoms with van der Waals surface area (Å²) < 4.78 is 11.5. The average molecular weight is 495 g/mol. The Morgan fingerprint density at radius 2 is 1.85 bits per heavy atom. The Morgan fingerprint density at radius 1 is 1.09 bits per heavy atom. The number of ether oxygens (including phenoxy) is 2. The molecule has 0 aliphatic carbocycles. The van der Waals surface area contributed by atoms with Crippen LogP contribution in [0.15, 0.2) is 35.4 Å². The lowest BCUT2D eigenvalue weighted by molar-refractivity contribution is 0.285. The van der Waals surface area contributed by atoms with Gasteiger partial charge in [-0.1, -0.05) is 36.0 Å². The highest BCUT2D eigenvalue weighted by Gasteiger charge is 2.16. The third-order valence-corrected chi connectivity index (χ3v) is 5.62. The van der Waals surface area contributed by atoms with Crippen LogP contribution in [0.3, 0.4) is 0 Å². The van der Waals surface area contributed by atoms with Crippen LogP contribution in [0.2, 0.25) is 10.0 Å². The molecule has 0 amide bonds. The van der Waals surface area contributed by atoms with Gasteiger partial charge in [0.2, 0.25) is 0 Å². The van der Waals surface area contributed by atoms with Crippen molar-refractivity contribution in [3.05, 3.63) is 51.0 Å². The topological polar surface area (TPSA) is 108 Å². The molecule has 10 heteroatoms. The number of benzene rings is 1. The molecule has 0 fully saturated rings. The number of methoxy groups -OCH3 is 1. The molecule has 0 bridgehead atoms. The quantitative estimate of drug-likeness (QED) is 0.259. The van der Waals surface area contributed by atoms with Crippen LogP contribution in [0.1, 0.15) is 25.7 Å².